The van der Waals surface area contributed by atoms with E-state index in [4.69, 9.17) is 23.7 Å². The van der Waals surface area contributed by atoms with Crippen LogP contribution in [0.25, 0.3) is 0 Å². The molecule has 12 nitrogen and oxygen atoms in total. The second kappa shape index (κ2) is 41.2. The van der Waals surface area contributed by atoms with Crippen molar-refractivity contribution in [3.63, 3.8) is 0 Å². The first kappa shape index (κ1) is 58.7. The van der Waals surface area contributed by atoms with Gasteiger partial charge in [0.2, 0.25) is 0 Å². The van der Waals surface area contributed by atoms with E-state index in [-0.39, 0.29) is 25.9 Å². The molecule has 0 radical (unpaired) electrons. The van der Waals surface area contributed by atoms with E-state index in [9.17, 15) is 34.5 Å². The number of ether oxygens (including phenoxy) is 5. The second-order valence-corrected chi connectivity index (χ2v) is 18.2. The van der Waals surface area contributed by atoms with Gasteiger partial charge in [0.05, 0.1) is 6.61 Å². The summed E-state index contributed by atoms with van der Waals surface area (Å²) >= 11 is 0. The van der Waals surface area contributed by atoms with Gasteiger partial charge in [0.1, 0.15) is 18.8 Å². The van der Waals surface area contributed by atoms with Gasteiger partial charge < -0.3 is 39.0 Å². The minimum atomic E-state index is -1.89. The van der Waals surface area contributed by atoms with Crippen LogP contribution < -0.4 is 0 Å². The summed E-state index contributed by atoms with van der Waals surface area (Å²) in [5.74, 6) is -3.09. The summed E-state index contributed by atoms with van der Waals surface area (Å²) < 4.78 is 28.2. The molecule has 12 heteroatoms. The molecule has 0 aliphatic carbocycles. The van der Waals surface area contributed by atoms with Crippen molar-refractivity contribution in [1.29, 1.82) is 0 Å². The number of aliphatic hydroxyl groups excluding tert-OH is 2. The summed E-state index contributed by atoms with van der Waals surface area (Å²) in [6, 6.07) is 0. The van der Waals surface area contributed by atoms with Crippen LogP contribution in [-0.2, 0) is 42.9 Å². The first-order chi connectivity index (χ1) is 30.6. The highest BCUT2D eigenvalue weighted by atomic mass is 16.7. The highest BCUT2D eigenvalue weighted by molar-refractivity contribution is 5.74. The van der Waals surface area contributed by atoms with Crippen molar-refractivity contribution in [2.75, 3.05) is 13.2 Å². The first-order valence-electron chi connectivity index (χ1n) is 26.0. The third-order valence-corrected chi connectivity index (χ3v) is 12.2. The Bertz CT molecular complexity index is 1120. The summed E-state index contributed by atoms with van der Waals surface area (Å²) in [6.45, 7) is 5.94. The molecule has 1 rings (SSSR count). The van der Waals surface area contributed by atoms with Gasteiger partial charge in [-0.25, -0.2) is 4.79 Å². The number of hydrogen-bond acceptors (Lipinski definition) is 11. The van der Waals surface area contributed by atoms with E-state index in [0.29, 0.717) is 19.3 Å². The molecule has 6 unspecified atom stereocenters. The third-order valence-electron chi connectivity index (χ3n) is 12.2. The van der Waals surface area contributed by atoms with Crippen LogP contribution in [0, 0.1) is 0 Å². The predicted molar refractivity (Wildman–Crippen MR) is 248 cm³/mol. The molecule has 1 fully saturated rings. The molecular weight excluding hydrogens is 805 g/mol. The zero-order valence-corrected chi connectivity index (χ0v) is 40.4. The van der Waals surface area contributed by atoms with E-state index in [1.165, 1.54) is 135 Å². The number of carbonyl (C=O) groups excluding carboxylic acids is 3. The van der Waals surface area contributed by atoms with E-state index in [2.05, 4.69) is 20.8 Å². The fourth-order valence-corrected chi connectivity index (χ4v) is 8.13. The molecule has 1 aliphatic heterocycles. The van der Waals surface area contributed by atoms with Gasteiger partial charge in [0.15, 0.2) is 24.6 Å². The van der Waals surface area contributed by atoms with Crippen LogP contribution in [0.15, 0.2) is 0 Å². The Balaban J connectivity index is 2.69. The minimum absolute atomic E-state index is 0.0701. The lowest BCUT2D eigenvalue weighted by molar-refractivity contribution is -0.301. The number of esters is 3. The number of carboxylic acid groups (broad SMARTS) is 1. The van der Waals surface area contributed by atoms with Crippen LogP contribution in [-0.4, -0.2) is 89.2 Å². The number of unbranched alkanes of at least 4 members (excludes halogenated alkanes) is 30. The average Bonchev–Trinajstić information content (AvgIpc) is 3.26. The molecular formula is C51H94O12. The van der Waals surface area contributed by atoms with Crippen molar-refractivity contribution in [2.24, 2.45) is 0 Å². The molecule has 63 heavy (non-hydrogen) atoms. The molecule has 1 saturated heterocycles. The third kappa shape index (κ3) is 32.1. The largest absolute Gasteiger partial charge is 0.479 e. The van der Waals surface area contributed by atoms with Crippen molar-refractivity contribution < 1.29 is 58.2 Å². The van der Waals surface area contributed by atoms with Crippen LogP contribution in [0.5, 0.6) is 0 Å². The van der Waals surface area contributed by atoms with Crippen molar-refractivity contribution in [3.05, 3.63) is 0 Å². The van der Waals surface area contributed by atoms with Crippen LogP contribution in [0.2, 0.25) is 0 Å². The number of rotatable bonds is 44. The maximum absolute atomic E-state index is 13.0. The zero-order chi connectivity index (χ0) is 46.2. The number of carbonyl (C=O) groups is 4. The fraction of sp³-hybridized carbons (Fsp3) is 0.922. The molecule has 0 saturated carbocycles. The standard InChI is InChI=1S/C51H94O12/c1-4-7-10-13-16-19-20-21-22-23-24-27-30-33-36-39-45(54)62-49-47(56)46(55)48(50(57)58)63-51(49)60-41-42(61-44(53)38-35-32-29-26-18-15-12-9-6-3)40-59-43(52)37-34-31-28-25-17-14-11-8-5-2/h42,46-49,51,55-56H,4-41H2,1-3H3,(H,57,58). The highest BCUT2D eigenvalue weighted by Crippen LogP contribution is 2.26. The predicted octanol–water partition coefficient (Wildman–Crippen LogP) is 12.0. The summed E-state index contributed by atoms with van der Waals surface area (Å²) in [7, 11) is 0. The zero-order valence-electron chi connectivity index (χ0n) is 40.4. The normalized spacial score (nSPS) is 19.2. The molecule has 0 aromatic rings. The molecule has 6 atom stereocenters. The van der Waals surface area contributed by atoms with Gasteiger partial charge >= 0.3 is 23.9 Å². The minimum Gasteiger partial charge on any atom is -0.479 e. The molecule has 1 aliphatic rings. The fourth-order valence-electron chi connectivity index (χ4n) is 8.13. The van der Waals surface area contributed by atoms with Crippen molar-refractivity contribution in [2.45, 2.75) is 289 Å². The van der Waals surface area contributed by atoms with Gasteiger partial charge in [0, 0.05) is 19.3 Å². The lowest BCUT2D eigenvalue weighted by Gasteiger charge is -2.40. The second-order valence-electron chi connectivity index (χ2n) is 18.2. The number of hydrogen-bond donors (Lipinski definition) is 3. The van der Waals surface area contributed by atoms with Gasteiger partial charge in [-0.1, -0.05) is 213 Å². The van der Waals surface area contributed by atoms with Gasteiger partial charge in [-0.2, -0.15) is 0 Å². The van der Waals surface area contributed by atoms with Crippen LogP contribution in [0.4, 0.5) is 0 Å². The summed E-state index contributed by atoms with van der Waals surface area (Å²) in [5, 5.41) is 31.3. The van der Waals surface area contributed by atoms with Crippen molar-refractivity contribution in [3.8, 4) is 0 Å². The Morgan fingerprint density at radius 3 is 1.19 bits per heavy atom. The summed E-state index contributed by atoms with van der Waals surface area (Å²) in [6.07, 6.45) is 28.2. The van der Waals surface area contributed by atoms with E-state index >= 15 is 0 Å². The van der Waals surface area contributed by atoms with E-state index in [1.54, 1.807) is 0 Å². The number of carboxylic acids is 1. The first-order valence-corrected chi connectivity index (χ1v) is 26.0. The molecule has 370 valence electrons. The molecule has 0 aromatic carbocycles. The monoisotopic (exact) mass is 899 g/mol. The van der Waals surface area contributed by atoms with E-state index < -0.39 is 67.3 Å². The van der Waals surface area contributed by atoms with Gasteiger partial charge in [-0.15, -0.1) is 0 Å². The Morgan fingerprint density at radius 1 is 0.460 bits per heavy atom. The number of aliphatic hydroxyl groups is 2. The van der Waals surface area contributed by atoms with Gasteiger partial charge in [0.25, 0.3) is 0 Å². The Hall–Kier alpha value is -2.28. The molecule has 0 aromatic heterocycles. The Labute approximate surface area is 383 Å². The Kier molecular flexibility index (Phi) is 38.4. The molecule has 3 N–H and O–H groups in total. The van der Waals surface area contributed by atoms with Crippen molar-refractivity contribution >= 4 is 23.9 Å². The smallest absolute Gasteiger partial charge is 0.335 e. The molecule has 0 bridgehead atoms. The quantitative estimate of drug-likeness (QED) is 0.0300. The maximum Gasteiger partial charge on any atom is 0.335 e. The Morgan fingerprint density at radius 2 is 0.810 bits per heavy atom. The van der Waals surface area contributed by atoms with Gasteiger partial charge in [-0.3, -0.25) is 14.4 Å². The topological polar surface area (TPSA) is 175 Å². The molecule has 0 spiro atoms. The summed E-state index contributed by atoms with van der Waals surface area (Å²) in [5.41, 5.74) is 0. The lowest BCUT2D eigenvalue weighted by atomic mass is 9.98. The maximum atomic E-state index is 13.0. The molecule has 1 heterocycles. The van der Waals surface area contributed by atoms with Crippen LogP contribution >= 0.6 is 0 Å². The number of aliphatic carboxylic acids is 1. The van der Waals surface area contributed by atoms with E-state index in [1.807, 2.05) is 0 Å². The SMILES string of the molecule is CCCCCCCCCCCCCCCCCC(=O)OC1C(OCC(COC(=O)CCCCCCCCCCC)OC(=O)CCCCCCCCCCC)OC(C(=O)O)C(O)C1O. The lowest BCUT2D eigenvalue weighted by Crippen LogP contribution is -2.61. The van der Waals surface area contributed by atoms with Gasteiger partial charge in [-0.05, 0) is 19.3 Å². The molecule has 0 amide bonds. The summed E-state index contributed by atoms with van der Waals surface area (Å²) in [4.78, 5) is 50.6. The van der Waals surface area contributed by atoms with E-state index in [0.717, 1.165) is 57.8 Å². The van der Waals surface area contributed by atoms with Crippen LogP contribution in [0.1, 0.15) is 252 Å². The van der Waals surface area contributed by atoms with Crippen molar-refractivity contribution in [1.82, 2.24) is 0 Å². The average molecular weight is 899 g/mol. The van der Waals surface area contributed by atoms with Crippen LogP contribution in [0.3, 0.4) is 0 Å². The highest BCUT2D eigenvalue weighted by Gasteiger charge is 2.50.